The van der Waals surface area contributed by atoms with Crippen molar-refractivity contribution in [1.82, 2.24) is 9.88 Å². The number of pyridine rings is 1. The highest BCUT2D eigenvalue weighted by molar-refractivity contribution is 6.36. The van der Waals surface area contributed by atoms with Crippen LogP contribution >= 0.6 is 0 Å². The number of ether oxygens (including phenoxy) is 2. The molecule has 2 aromatic carbocycles. The van der Waals surface area contributed by atoms with Crippen LogP contribution in [0.4, 0.5) is 5.69 Å². The van der Waals surface area contributed by atoms with Crippen molar-refractivity contribution in [2.75, 3.05) is 19.5 Å². The standard InChI is InChI=1S/C26H25N3O4/c1-16-7-8-17(2)20(12-16)28-24-23(19-9-10-21(32-3)22(13-19)33-4)25(30)29(26(24)31)15-18-6-5-11-27-14-18/h5-14,28H,15H2,1-4H3. The molecule has 33 heavy (non-hydrogen) atoms. The van der Waals surface area contributed by atoms with Crippen LogP contribution in [-0.2, 0) is 16.1 Å². The first kappa shape index (κ1) is 22.1. The molecule has 0 spiro atoms. The first-order chi connectivity index (χ1) is 15.9. The van der Waals surface area contributed by atoms with Crippen LogP contribution < -0.4 is 14.8 Å². The van der Waals surface area contributed by atoms with Crippen molar-refractivity contribution in [3.63, 3.8) is 0 Å². The van der Waals surface area contributed by atoms with Crippen molar-refractivity contribution in [2.24, 2.45) is 0 Å². The summed E-state index contributed by atoms with van der Waals surface area (Å²) in [7, 11) is 3.08. The van der Waals surface area contributed by atoms with Crippen LogP contribution in [0, 0.1) is 13.8 Å². The number of aromatic nitrogens is 1. The van der Waals surface area contributed by atoms with E-state index < -0.39 is 5.91 Å². The van der Waals surface area contributed by atoms with E-state index in [-0.39, 0.29) is 23.7 Å². The molecule has 0 aliphatic carbocycles. The second kappa shape index (κ2) is 9.16. The fourth-order valence-electron chi connectivity index (χ4n) is 3.77. The molecule has 168 valence electrons. The summed E-state index contributed by atoms with van der Waals surface area (Å²) in [5, 5.41) is 3.24. The molecule has 2 heterocycles. The Morgan fingerprint density at radius 3 is 2.42 bits per heavy atom. The van der Waals surface area contributed by atoms with Gasteiger partial charge in [0.05, 0.1) is 26.3 Å². The third kappa shape index (κ3) is 4.30. The number of hydrogen-bond donors (Lipinski definition) is 1. The Kier molecular flexibility index (Phi) is 6.13. The molecule has 1 N–H and O–H groups in total. The number of amides is 2. The van der Waals surface area contributed by atoms with E-state index >= 15 is 0 Å². The lowest BCUT2D eigenvalue weighted by molar-refractivity contribution is -0.137. The van der Waals surface area contributed by atoms with Gasteiger partial charge in [-0.2, -0.15) is 0 Å². The molecule has 7 heteroatoms. The second-order valence-corrected chi connectivity index (χ2v) is 7.82. The highest BCUT2D eigenvalue weighted by atomic mass is 16.5. The summed E-state index contributed by atoms with van der Waals surface area (Å²) in [6.07, 6.45) is 3.30. The van der Waals surface area contributed by atoms with Crippen LogP contribution in [-0.4, -0.2) is 35.9 Å². The molecule has 0 radical (unpaired) electrons. The van der Waals surface area contributed by atoms with E-state index in [0.29, 0.717) is 17.1 Å². The van der Waals surface area contributed by atoms with Gasteiger partial charge in [0.25, 0.3) is 11.8 Å². The maximum Gasteiger partial charge on any atom is 0.278 e. The van der Waals surface area contributed by atoms with Crippen LogP contribution in [0.2, 0.25) is 0 Å². The van der Waals surface area contributed by atoms with E-state index in [1.807, 2.05) is 38.1 Å². The molecule has 1 aliphatic heterocycles. The van der Waals surface area contributed by atoms with Crippen LogP contribution in [0.1, 0.15) is 22.3 Å². The van der Waals surface area contributed by atoms with E-state index in [1.54, 1.807) is 43.8 Å². The van der Waals surface area contributed by atoms with Crippen molar-refractivity contribution in [3.05, 3.63) is 88.9 Å². The van der Waals surface area contributed by atoms with Gasteiger partial charge in [-0.05, 0) is 60.4 Å². The van der Waals surface area contributed by atoms with Gasteiger partial charge in [0, 0.05) is 18.1 Å². The zero-order valence-corrected chi connectivity index (χ0v) is 19.0. The van der Waals surface area contributed by atoms with Gasteiger partial charge in [-0.15, -0.1) is 0 Å². The normalized spacial score (nSPS) is 13.5. The lowest BCUT2D eigenvalue weighted by Crippen LogP contribution is -2.32. The van der Waals surface area contributed by atoms with Gasteiger partial charge in [0.2, 0.25) is 0 Å². The molecule has 0 atom stereocenters. The minimum absolute atomic E-state index is 0.125. The minimum Gasteiger partial charge on any atom is -0.493 e. The molecule has 0 unspecified atom stereocenters. The predicted octanol–water partition coefficient (Wildman–Crippen LogP) is 4.11. The Morgan fingerprint density at radius 2 is 1.73 bits per heavy atom. The summed E-state index contributed by atoms with van der Waals surface area (Å²) >= 11 is 0. The van der Waals surface area contributed by atoms with Gasteiger partial charge in [-0.25, -0.2) is 0 Å². The van der Waals surface area contributed by atoms with Gasteiger partial charge >= 0.3 is 0 Å². The zero-order valence-electron chi connectivity index (χ0n) is 19.0. The number of hydrogen-bond acceptors (Lipinski definition) is 6. The lowest BCUT2D eigenvalue weighted by Gasteiger charge is -2.15. The maximum atomic E-state index is 13.5. The number of anilines is 1. The maximum absolute atomic E-state index is 13.5. The smallest absolute Gasteiger partial charge is 0.278 e. The third-order valence-electron chi connectivity index (χ3n) is 5.56. The minimum atomic E-state index is -0.394. The molecular weight excluding hydrogens is 418 g/mol. The van der Waals surface area contributed by atoms with Crippen LogP contribution in [0.15, 0.2) is 66.6 Å². The van der Waals surface area contributed by atoms with Gasteiger partial charge in [0.1, 0.15) is 5.70 Å². The van der Waals surface area contributed by atoms with Crippen molar-refractivity contribution in [1.29, 1.82) is 0 Å². The van der Waals surface area contributed by atoms with Crippen molar-refractivity contribution in [2.45, 2.75) is 20.4 Å². The van der Waals surface area contributed by atoms with Crippen molar-refractivity contribution >= 4 is 23.1 Å². The molecule has 4 rings (SSSR count). The summed E-state index contributed by atoms with van der Waals surface area (Å²) in [6, 6.07) is 14.7. The molecular formula is C26H25N3O4. The molecule has 1 aromatic heterocycles. The SMILES string of the molecule is COc1ccc(C2=C(Nc3cc(C)ccc3C)C(=O)N(Cc3cccnc3)C2=O)cc1OC. The number of benzene rings is 2. The Hall–Kier alpha value is -4.13. The number of carbonyl (C=O) groups is 2. The molecule has 2 amide bonds. The summed E-state index contributed by atoms with van der Waals surface area (Å²) in [4.78, 5) is 32.4. The Balaban J connectivity index is 1.81. The largest absolute Gasteiger partial charge is 0.493 e. The molecule has 3 aromatic rings. The number of nitrogens with one attached hydrogen (secondary N) is 1. The number of methoxy groups -OCH3 is 2. The lowest BCUT2D eigenvalue weighted by atomic mass is 10.0. The zero-order chi connectivity index (χ0) is 23.5. The monoisotopic (exact) mass is 443 g/mol. The molecule has 7 nitrogen and oxygen atoms in total. The molecule has 0 saturated carbocycles. The number of aryl methyl sites for hydroxylation is 2. The van der Waals surface area contributed by atoms with E-state index in [4.69, 9.17) is 9.47 Å². The van der Waals surface area contributed by atoms with E-state index in [9.17, 15) is 9.59 Å². The molecule has 0 bridgehead atoms. The van der Waals surface area contributed by atoms with Gasteiger partial charge in [-0.1, -0.05) is 24.3 Å². The molecule has 0 saturated heterocycles. The molecule has 1 aliphatic rings. The average Bonchev–Trinajstić information content (AvgIpc) is 3.05. The Bertz CT molecular complexity index is 1250. The summed E-state index contributed by atoms with van der Waals surface area (Å²) in [5.74, 6) is 0.229. The second-order valence-electron chi connectivity index (χ2n) is 7.82. The summed E-state index contributed by atoms with van der Waals surface area (Å²) in [5.41, 5.74) is 4.61. The van der Waals surface area contributed by atoms with Crippen molar-refractivity contribution < 1.29 is 19.1 Å². The number of rotatable bonds is 7. The number of carbonyl (C=O) groups excluding carboxylic acids is 2. The fraction of sp³-hybridized carbons (Fsp3) is 0.192. The van der Waals surface area contributed by atoms with E-state index in [2.05, 4.69) is 10.3 Å². The van der Waals surface area contributed by atoms with Crippen LogP contribution in [0.3, 0.4) is 0 Å². The first-order valence-corrected chi connectivity index (χ1v) is 10.5. The van der Waals surface area contributed by atoms with Gasteiger partial charge < -0.3 is 14.8 Å². The van der Waals surface area contributed by atoms with Crippen LogP contribution in [0.5, 0.6) is 11.5 Å². The average molecular weight is 444 g/mol. The quantitative estimate of drug-likeness (QED) is 0.554. The van der Waals surface area contributed by atoms with Crippen molar-refractivity contribution in [3.8, 4) is 11.5 Å². The fourth-order valence-corrected chi connectivity index (χ4v) is 3.77. The third-order valence-corrected chi connectivity index (χ3v) is 5.56. The Labute approximate surface area is 192 Å². The van der Waals surface area contributed by atoms with Crippen LogP contribution in [0.25, 0.3) is 5.57 Å². The highest BCUT2D eigenvalue weighted by Crippen LogP contribution is 2.36. The van der Waals surface area contributed by atoms with Gasteiger partial charge in [-0.3, -0.25) is 19.5 Å². The molecule has 0 fully saturated rings. The summed E-state index contributed by atoms with van der Waals surface area (Å²) in [6.45, 7) is 4.05. The Morgan fingerprint density at radius 1 is 0.939 bits per heavy atom. The topological polar surface area (TPSA) is 80.8 Å². The van der Waals surface area contributed by atoms with Gasteiger partial charge in [0.15, 0.2) is 11.5 Å². The van der Waals surface area contributed by atoms with E-state index in [0.717, 1.165) is 22.4 Å². The van der Waals surface area contributed by atoms with E-state index in [1.165, 1.54) is 12.0 Å². The highest BCUT2D eigenvalue weighted by Gasteiger charge is 2.39. The number of nitrogens with zero attached hydrogens (tertiary/aromatic N) is 2. The number of imide groups is 1. The summed E-state index contributed by atoms with van der Waals surface area (Å²) < 4.78 is 10.8. The first-order valence-electron chi connectivity index (χ1n) is 10.5. The predicted molar refractivity (Wildman–Crippen MR) is 126 cm³/mol.